The number of nitrogens with one attached hydrogen (secondary N) is 1. The molecule has 0 radical (unpaired) electrons. The third-order valence-electron chi connectivity index (χ3n) is 5.03. The van der Waals surface area contributed by atoms with E-state index >= 15 is 0 Å². The highest BCUT2D eigenvalue weighted by atomic mass is 16.6. The first kappa shape index (κ1) is 21.7. The van der Waals surface area contributed by atoms with Gasteiger partial charge in [-0.05, 0) is 40.0 Å². The van der Waals surface area contributed by atoms with E-state index in [1.807, 2.05) is 66.5 Å². The number of hydrazone groups is 1. The number of nitrogen functional groups attached to an aromatic ring is 1. The molecule has 0 aliphatic rings. The van der Waals surface area contributed by atoms with Crippen LogP contribution in [0.5, 0.6) is 0 Å². The van der Waals surface area contributed by atoms with Crippen molar-refractivity contribution >= 4 is 23.6 Å². The van der Waals surface area contributed by atoms with Gasteiger partial charge in [-0.3, -0.25) is 4.79 Å². The second-order valence-electron chi connectivity index (χ2n) is 7.26. The van der Waals surface area contributed by atoms with Gasteiger partial charge < -0.3 is 10.6 Å². The molecule has 0 atom stereocenters. The fourth-order valence-corrected chi connectivity index (χ4v) is 3.18. The van der Waals surface area contributed by atoms with Gasteiger partial charge in [-0.15, -0.1) is 5.10 Å². The molecule has 3 N–H and O–H groups in total. The Hall–Kier alpha value is -4.54. The highest BCUT2D eigenvalue weighted by Gasteiger charge is 2.25. The van der Waals surface area contributed by atoms with Crippen molar-refractivity contribution in [3.05, 3.63) is 77.1 Å². The number of hydrogen-bond acceptors (Lipinski definition) is 9. The highest BCUT2D eigenvalue weighted by molar-refractivity contribution is 5.94. The summed E-state index contributed by atoms with van der Waals surface area (Å²) in [6.07, 6.45) is 2.52. The molecule has 0 unspecified atom stereocenters. The van der Waals surface area contributed by atoms with Gasteiger partial charge in [0.15, 0.2) is 5.69 Å². The predicted octanol–water partition coefficient (Wildman–Crippen LogP) is 2.20. The molecule has 2 aromatic carbocycles. The van der Waals surface area contributed by atoms with E-state index in [1.54, 1.807) is 6.21 Å². The van der Waals surface area contributed by atoms with Gasteiger partial charge in [-0.25, -0.2) is 10.1 Å². The first-order chi connectivity index (χ1) is 16.1. The van der Waals surface area contributed by atoms with E-state index in [1.165, 1.54) is 10.2 Å². The van der Waals surface area contributed by atoms with Crippen LogP contribution in [0.4, 0.5) is 11.5 Å². The van der Waals surface area contributed by atoms with Crippen LogP contribution in [0.3, 0.4) is 0 Å². The van der Waals surface area contributed by atoms with Crippen LogP contribution in [-0.4, -0.2) is 44.5 Å². The fraction of sp³-hybridized carbons (Fsp3) is 0.182. The summed E-state index contributed by atoms with van der Waals surface area (Å²) in [4.78, 5) is 14.8. The topological polar surface area (TPSA) is 140 Å². The minimum atomic E-state index is -0.519. The molecule has 2 aromatic heterocycles. The molecule has 0 aliphatic heterocycles. The molecule has 0 saturated carbocycles. The van der Waals surface area contributed by atoms with E-state index in [-0.39, 0.29) is 23.9 Å². The van der Waals surface area contributed by atoms with Crippen molar-refractivity contribution in [2.75, 3.05) is 17.7 Å². The Labute approximate surface area is 189 Å². The van der Waals surface area contributed by atoms with E-state index in [0.717, 1.165) is 17.7 Å². The number of benzene rings is 2. The lowest BCUT2D eigenvalue weighted by Crippen LogP contribution is -2.24. The number of nitrogens with zero attached hydrogens (tertiary/aromatic N) is 7. The maximum absolute atomic E-state index is 12.9. The van der Waals surface area contributed by atoms with Crippen molar-refractivity contribution < 1.29 is 9.42 Å². The average molecular weight is 445 g/mol. The summed E-state index contributed by atoms with van der Waals surface area (Å²) in [7, 11) is 1.89. The van der Waals surface area contributed by atoms with Gasteiger partial charge in [-0.2, -0.15) is 9.78 Å². The monoisotopic (exact) mass is 445 g/mol. The number of rotatable bonds is 8. The molecule has 4 rings (SSSR count). The molecule has 1 amide bonds. The first-order valence-corrected chi connectivity index (χ1v) is 10.3. The van der Waals surface area contributed by atoms with Gasteiger partial charge in [0, 0.05) is 12.7 Å². The summed E-state index contributed by atoms with van der Waals surface area (Å²) in [5.41, 5.74) is 11.9. The Morgan fingerprint density at radius 3 is 2.61 bits per heavy atom. The van der Waals surface area contributed by atoms with Crippen LogP contribution in [-0.2, 0) is 13.0 Å². The Morgan fingerprint density at radius 1 is 1.18 bits per heavy atom. The number of anilines is 2. The molecule has 11 nitrogen and oxygen atoms in total. The standard InChI is InChI=1S/C22H23N9O2/c1-3-15-9-11-16(12-10-15)13-24-26-22(32)19-18(14-30(2)17-7-5-4-6-8-17)31(29-25-19)21-20(23)27-33-28-21/h4-13H,3,14H2,1-2H3,(H2,23,27)(H,26,32). The van der Waals surface area contributed by atoms with E-state index < -0.39 is 5.91 Å². The Kier molecular flexibility index (Phi) is 6.39. The van der Waals surface area contributed by atoms with E-state index in [0.29, 0.717) is 5.69 Å². The third-order valence-corrected chi connectivity index (χ3v) is 5.03. The zero-order chi connectivity index (χ0) is 23.2. The number of amides is 1. The second-order valence-corrected chi connectivity index (χ2v) is 7.26. The number of carbonyl (C=O) groups excluding carboxylic acids is 1. The Morgan fingerprint density at radius 2 is 1.94 bits per heavy atom. The van der Waals surface area contributed by atoms with Gasteiger partial charge >= 0.3 is 0 Å². The minimum Gasteiger partial charge on any atom is -0.378 e. The molecule has 0 bridgehead atoms. The summed E-state index contributed by atoms with van der Waals surface area (Å²) in [5, 5.41) is 19.5. The Balaban J connectivity index is 1.58. The first-order valence-electron chi connectivity index (χ1n) is 10.3. The predicted molar refractivity (Wildman–Crippen MR) is 123 cm³/mol. The van der Waals surface area contributed by atoms with Gasteiger partial charge in [0.1, 0.15) is 0 Å². The zero-order valence-electron chi connectivity index (χ0n) is 18.2. The lowest BCUT2D eigenvalue weighted by atomic mass is 10.1. The summed E-state index contributed by atoms with van der Waals surface area (Å²) < 4.78 is 6.03. The molecular formula is C22H23N9O2. The molecule has 168 valence electrons. The van der Waals surface area contributed by atoms with Crippen LogP contribution in [0.25, 0.3) is 5.82 Å². The lowest BCUT2D eigenvalue weighted by Gasteiger charge is -2.19. The molecule has 0 spiro atoms. The zero-order valence-corrected chi connectivity index (χ0v) is 18.2. The minimum absolute atomic E-state index is 0.0315. The Bertz CT molecular complexity index is 1250. The van der Waals surface area contributed by atoms with E-state index in [9.17, 15) is 4.79 Å². The van der Waals surface area contributed by atoms with Crippen LogP contribution in [0.1, 0.15) is 34.2 Å². The number of aryl methyl sites for hydroxylation is 1. The maximum Gasteiger partial charge on any atom is 0.293 e. The average Bonchev–Trinajstić information content (AvgIpc) is 3.45. The lowest BCUT2D eigenvalue weighted by molar-refractivity contribution is 0.0949. The van der Waals surface area contributed by atoms with Crippen LogP contribution in [0, 0.1) is 0 Å². The number of hydrogen-bond donors (Lipinski definition) is 2. The normalized spacial score (nSPS) is 11.1. The molecule has 0 saturated heterocycles. The second kappa shape index (κ2) is 9.73. The largest absolute Gasteiger partial charge is 0.378 e. The number of para-hydroxylation sites is 1. The van der Waals surface area contributed by atoms with Gasteiger partial charge in [-0.1, -0.05) is 54.6 Å². The van der Waals surface area contributed by atoms with Crippen LogP contribution >= 0.6 is 0 Å². The van der Waals surface area contributed by atoms with Gasteiger partial charge in [0.25, 0.3) is 5.91 Å². The van der Waals surface area contributed by atoms with Crippen LogP contribution < -0.4 is 16.1 Å². The summed E-state index contributed by atoms with van der Waals surface area (Å²) >= 11 is 0. The van der Waals surface area contributed by atoms with Gasteiger partial charge in [0.2, 0.25) is 11.6 Å². The van der Waals surface area contributed by atoms with Crippen molar-refractivity contribution in [2.45, 2.75) is 19.9 Å². The quantitative estimate of drug-likeness (QED) is 0.311. The highest BCUT2D eigenvalue weighted by Crippen LogP contribution is 2.20. The smallest absolute Gasteiger partial charge is 0.293 e. The van der Waals surface area contributed by atoms with Crippen LogP contribution in [0.2, 0.25) is 0 Å². The molecular weight excluding hydrogens is 422 g/mol. The van der Waals surface area contributed by atoms with Crippen molar-refractivity contribution in [3.8, 4) is 5.82 Å². The van der Waals surface area contributed by atoms with Crippen LogP contribution in [0.15, 0.2) is 64.3 Å². The summed E-state index contributed by atoms with van der Waals surface area (Å²) in [5.74, 6) is -0.337. The fourth-order valence-electron chi connectivity index (χ4n) is 3.18. The summed E-state index contributed by atoms with van der Waals surface area (Å²) in [6.45, 7) is 2.38. The summed E-state index contributed by atoms with van der Waals surface area (Å²) in [6, 6.07) is 17.6. The van der Waals surface area contributed by atoms with Gasteiger partial charge in [0.05, 0.1) is 18.5 Å². The maximum atomic E-state index is 12.9. The molecule has 33 heavy (non-hydrogen) atoms. The molecule has 4 aromatic rings. The number of nitrogens with two attached hydrogens (primary N) is 1. The van der Waals surface area contributed by atoms with Crippen molar-refractivity contribution in [1.29, 1.82) is 0 Å². The number of carbonyl (C=O) groups is 1. The van der Waals surface area contributed by atoms with E-state index in [2.05, 4.69) is 38.1 Å². The molecule has 0 aliphatic carbocycles. The van der Waals surface area contributed by atoms with Crippen molar-refractivity contribution in [1.82, 2.24) is 30.7 Å². The molecule has 2 heterocycles. The van der Waals surface area contributed by atoms with E-state index in [4.69, 9.17) is 10.4 Å². The SMILES string of the molecule is CCc1ccc(C=NNC(=O)c2nnn(-c3nonc3N)c2CN(C)c2ccccc2)cc1. The van der Waals surface area contributed by atoms with Crippen molar-refractivity contribution in [2.24, 2.45) is 5.10 Å². The third kappa shape index (κ3) is 4.87. The number of aromatic nitrogens is 5. The molecule has 11 heteroatoms. The van der Waals surface area contributed by atoms with Crippen molar-refractivity contribution in [3.63, 3.8) is 0 Å². The molecule has 0 fully saturated rings.